The van der Waals surface area contributed by atoms with Crippen molar-refractivity contribution in [3.05, 3.63) is 34.6 Å². The van der Waals surface area contributed by atoms with Crippen LogP contribution in [0.25, 0.3) is 11.3 Å². The Morgan fingerprint density at radius 1 is 1.53 bits per heavy atom. The minimum Gasteiger partial charge on any atom is -0.373 e. The SMILES string of the molecule is COC(c1nc(-c2cnn(C)c2)cc(=O)[nH]1)C1CC1. The molecule has 0 aliphatic heterocycles. The molecule has 0 bridgehead atoms. The second-order valence-corrected chi connectivity index (χ2v) is 4.91. The molecular weight excluding hydrogens is 244 g/mol. The number of aromatic nitrogens is 4. The first-order valence-corrected chi connectivity index (χ1v) is 6.30. The van der Waals surface area contributed by atoms with Crippen molar-refractivity contribution in [2.75, 3.05) is 7.11 Å². The second kappa shape index (κ2) is 4.62. The van der Waals surface area contributed by atoms with Gasteiger partial charge in [-0.05, 0) is 18.8 Å². The van der Waals surface area contributed by atoms with Crippen LogP contribution in [-0.2, 0) is 11.8 Å². The molecule has 1 N–H and O–H groups in total. The zero-order valence-electron chi connectivity index (χ0n) is 11.0. The zero-order chi connectivity index (χ0) is 13.4. The Labute approximate surface area is 110 Å². The Hall–Kier alpha value is -1.95. The van der Waals surface area contributed by atoms with Crippen LogP contribution < -0.4 is 5.56 Å². The molecule has 1 fully saturated rings. The third kappa shape index (κ3) is 2.44. The molecule has 0 amide bonds. The lowest BCUT2D eigenvalue weighted by Crippen LogP contribution is -2.16. The van der Waals surface area contributed by atoms with Gasteiger partial charge in [-0.2, -0.15) is 5.10 Å². The molecule has 1 atom stereocenters. The molecule has 0 spiro atoms. The Bertz CT molecular complexity index is 642. The fraction of sp³-hybridized carbons (Fsp3) is 0.462. The summed E-state index contributed by atoms with van der Waals surface area (Å²) in [7, 11) is 3.49. The van der Waals surface area contributed by atoms with Crippen LogP contribution in [0.4, 0.5) is 0 Å². The highest BCUT2D eigenvalue weighted by Crippen LogP contribution is 2.41. The molecule has 1 unspecified atom stereocenters. The normalized spacial score (nSPS) is 16.5. The van der Waals surface area contributed by atoms with Crippen molar-refractivity contribution >= 4 is 0 Å². The fourth-order valence-electron chi connectivity index (χ4n) is 2.24. The molecule has 19 heavy (non-hydrogen) atoms. The van der Waals surface area contributed by atoms with Gasteiger partial charge in [0.2, 0.25) is 0 Å². The molecule has 0 radical (unpaired) electrons. The first-order valence-electron chi connectivity index (χ1n) is 6.30. The third-order valence-electron chi connectivity index (χ3n) is 3.33. The van der Waals surface area contributed by atoms with E-state index >= 15 is 0 Å². The Balaban J connectivity index is 2.02. The summed E-state index contributed by atoms with van der Waals surface area (Å²) in [6.07, 6.45) is 5.66. The summed E-state index contributed by atoms with van der Waals surface area (Å²) in [4.78, 5) is 19.1. The lowest BCUT2D eigenvalue weighted by Gasteiger charge is -2.13. The van der Waals surface area contributed by atoms with Crippen molar-refractivity contribution in [3.63, 3.8) is 0 Å². The van der Waals surface area contributed by atoms with Gasteiger partial charge in [-0.3, -0.25) is 9.48 Å². The number of hydrogen-bond acceptors (Lipinski definition) is 4. The maximum absolute atomic E-state index is 11.8. The standard InChI is InChI=1S/C13H16N4O2/c1-17-7-9(6-14-17)10-5-11(18)16-13(15-10)12(19-2)8-3-4-8/h5-8,12H,3-4H2,1-2H3,(H,15,16,18). The number of aromatic amines is 1. The van der Waals surface area contributed by atoms with Gasteiger partial charge in [0.05, 0.1) is 11.9 Å². The second-order valence-electron chi connectivity index (χ2n) is 4.91. The highest BCUT2D eigenvalue weighted by molar-refractivity contribution is 5.56. The summed E-state index contributed by atoms with van der Waals surface area (Å²) >= 11 is 0. The topological polar surface area (TPSA) is 72.8 Å². The number of hydrogen-bond donors (Lipinski definition) is 1. The first kappa shape index (κ1) is 12.1. The third-order valence-corrected chi connectivity index (χ3v) is 3.33. The molecule has 2 aromatic rings. The number of aryl methyl sites for hydroxylation is 1. The molecule has 6 nitrogen and oxygen atoms in total. The maximum Gasteiger partial charge on any atom is 0.251 e. The van der Waals surface area contributed by atoms with Crippen molar-refractivity contribution in [2.45, 2.75) is 18.9 Å². The Morgan fingerprint density at radius 2 is 2.32 bits per heavy atom. The molecule has 0 aromatic carbocycles. The van der Waals surface area contributed by atoms with Crippen LogP contribution in [-0.4, -0.2) is 26.9 Å². The minimum absolute atomic E-state index is 0.121. The molecule has 1 aliphatic rings. The van der Waals surface area contributed by atoms with Gasteiger partial charge in [-0.15, -0.1) is 0 Å². The lowest BCUT2D eigenvalue weighted by atomic mass is 10.2. The van der Waals surface area contributed by atoms with Gasteiger partial charge in [0.25, 0.3) is 5.56 Å². The zero-order valence-corrected chi connectivity index (χ0v) is 11.0. The van der Waals surface area contributed by atoms with Crippen LogP contribution in [0.3, 0.4) is 0 Å². The predicted molar refractivity (Wildman–Crippen MR) is 69.5 cm³/mol. The van der Waals surface area contributed by atoms with E-state index < -0.39 is 0 Å². The number of nitrogens with one attached hydrogen (secondary N) is 1. The lowest BCUT2D eigenvalue weighted by molar-refractivity contribution is 0.0771. The van der Waals surface area contributed by atoms with Gasteiger partial charge < -0.3 is 9.72 Å². The molecule has 0 saturated heterocycles. The monoisotopic (exact) mass is 260 g/mol. The summed E-state index contributed by atoms with van der Waals surface area (Å²) in [5.74, 6) is 1.08. The van der Waals surface area contributed by atoms with E-state index in [9.17, 15) is 4.79 Å². The van der Waals surface area contributed by atoms with E-state index in [2.05, 4.69) is 15.1 Å². The van der Waals surface area contributed by atoms with Crippen LogP contribution in [0, 0.1) is 5.92 Å². The van der Waals surface area contributed by atoms with Gasteiger partial charge in [0.15, 0.2) is 0 Å². The van der Waals surface area contributed by atoms with E-state index in [1.807, 2.05) is 13.2 Å². The van der Waals surface area contributed by atoms with E-state index in [1.165, 1.54) is 6.07 Å². The summed E-state index contributed by atoms with van der Waals surface area (Å²) in [5, 5.41) is 4.10. The van der Waals surface area contributed by atoms with E-state index in [-0.39, 0.29) is 11.7 Å². The molecule has 2 heterocycles. The highest BCUT2D eigenvalue weighted by atomic mass is 16.5. The van der Waals surface area contributed by atoms with Crippen molar-refractivity contribution in [1.82, 2.24) is 19.7 Å². The fourth-order valence-corrected chi connectivity index (χ4v) is 2.24. The van der Waals surface area contributed by atoms with Crippen molar-refractivity contribution in [3.8, 4) is 11.3 Å². The molecule has 2 aromatic heterocycles. The summed E-state index contributed by atoms with van der Waals surface area (Å²) < 4.78 is 7.14. The van der Waals surface area contributed by atoms with Gasteiger partial charge in [0.1, 0.15) is 11.9 Å². The van der Waals surface area contributed by atoms with E-state index in [1.54, 1.807) is 18.0 Å². The van der Waals surface area contributed by atoms with Gasteiger partial charge >= 0.3 is 0 Å². The minimum atomic E-state index is -0.161. The van der Waals surface area contributed by atoms with E-state index in [0.29, 0.717) is 17.4 Å². The number of nitrogens with zero attached hydrogens (tertiary/aromatic N) is 3. The average molecular weight is 260 g/mol. The first-order chi connectivity index (χ1) is 9.17. The van der Waals surface area contributed by atoms with Crippen LogP contribution >= 0.6 is 0 Å². The predicted octanol–water partition coefficient (Wildman–Crippen LogP) is 1.27. The molecule has 3 rings (SSSR count). The number of rotatable bonds is 4. The molecule has 100 valence electrons. The number of methoxy groups -OCH3 is 1. The molecule has 1 saturated carbocycles. The molecular formula is C13H16N4O2. The Morgan fingerprint density at radius 3 is 2.89 bits per heavy atom. The highest BCUT2D eigenvalue weighted by Gasteiger charge is 2.34. The van der Waals surface area contributed by atoms with Gasteiger partial charge in [-0.25, -0.2) is 4.98 Å². The van der Waals surface area contributed by atoms with Crippen molar-refractivity contribution in [1.29, 1.82) is 0 Å². The van der Waals surface area contributed by atoms with E-state index in [0.717, 1.165) is 18.4 Å². The van der Waals surface area contributed by atoms with Crippen molar-refractivity contribution in [2.24, 2.45) is 13.0 Å². The van der Waals surface area contributed by atoms with Crippen LogP contribution in [0.5, 0.6) is 0 Å². The van der Waals surface area contributed by atoms with Crippen LogP contribution in [0.1, 0.15) is 24.8 Å². The summed E-state index contributed by atoms with van der Waals surface area (Å²) in [6, 6.07) is 1.49. The smallest absolute Gasteiger partial charge is 0.251 e. The van der Waals surface area contributed by atoms with Crippen LogP contribution in [0.15, 0.2) is 23.3 Å². The number of ether oxygens (including phenoxy) is 1. The summed E-state index contributed by atoms with van der Waals surface area (Å²) in [6.45, 7) is 0. The van der Waals surface area contributed by atoms with Crippen LogP contribution in [0.2, 0.25) is 0 Å². The maximum atomic E-state index is 11.8. The van der Waals surface area contributed by atoms with Gasteiger partial charge in [-0.1, -0.05) is 0 Å². The van der Waals surface area contributed by atoms with E-state index in [4.69, 9.17) is 4.74 Å². The quantitative estimate of drug-likeness (QED) is 0.898. The molecule has 6 heteroatoms. The Kier molecular flexibility index (Phi) is 2.94. The summed E-state index contributed by atoms with van der Waals surface area (Å²) in [5.41, 5.74) is 1.31. The van der Waals surface area contributed by atoms with Crippen molar-refractivity contribution < 1.29 is 4.74 Å². The van der Waals surface area contributed by atoms with Gasteiger partial charge in [0, 0.05) is 32.0 Å². The molecule has 1 aliphatic carbocycles. The number of H-pyrrole nitrogens is 1. The average Bonchev–Trinajstić information content (AvgIpc) is 3.11. The largest absolute Gasteiger partial charge is 0.373 e.